The van der Waals surface area contributed by atoms with Crippen molar-refractivity contribution < 1.29 is 8.42 Å². The van der Waals surface area contributed by atoms with E-state index < -0.39 is 10.0 Å². The fourth-order valence-corrected chi connectivity index (χ4v) is 3.20. The molecule has 0 aliphatic rings. The predicted molar refractivity (Wildman–Crippen MR) is 88.8 cm³/mol. The number of aryl methyl sites for hydroxylation is 2. The van der Waals surface area contributed by atoms with Gasteiger partial charge in [-0.05, 0) is 48.7 Å². The van der Waals surface area contributed by atoms with Crippen LogP contribution in [0.25, 0.3) is 0 Å². The van der Waals surface area contributed by atoms with Crippen molar-refractivity contribution in [1.82, 2.24) is 0 Å². The maximum Gasteiger partial charge on any atom is 0.238 e. The molecule has 3 N–H and O–H groups in total. The molecule has 0 amide bonds. The van der Waals surface area contributed by atoms with Crippen molar-refractivity contribution in [2.24, 2.45) is 5.14 Å². The molecule has 4 nitrogen and oxygen atoms in total. The standard InChI is InChI=1S/C15H17BrN2O2S/c1-10-3-5-12(7-14(10)16)9-18-13-6-4-11(2)15(8-13)21(17,19)20/h3-8,18H,9H2,1-2H3,(H2,17,19,20). The second kappa shape index (κ2) is 6.17. The number of hydrogen-bond acceptors (Lipinski definition) is 3. The molecule has 0 bridgehead atoms. The van der Waals surface area contributed by atoms with Crippen molar-refractivity contribution in [2.45, 2.75) is 25.3 Å². The largest absolute Gasteiger partial charge is 0.381 e. The number of benzene rings is 2. The van der Waals surface area contributed by atoms with Gasteiger partial charge in [-0.3, -0.25) is 0 Å². The van der Waals surface area contributed by atoms with Crippen LogP contribution in [-0.4, -0.2) is 8.42 Å². The minimum Gasteiger partial charge on any atom is -0.381 e. The zero-order valence-corrected chi connectivity index (χ0v) is 14.3. The SMILES string of the molecule is Cc1ccc(CNc2ccc(C)c(S(N)(=O)=O)c2)cc1Br. The van der Waals surface area contributed by atoms with Gasteiger partial charge in [-0.1, -0.05) is 34.1 Å². The van der Waals surface area contributed by atoms with Crippen LogP contribution in [0.3, 0.4) is 0 Å². The predicted octanol–water partition coefficient (Wildman–Crippen LogP) is 3.33. The van der Waals surface area contributed by atoms with Crippen LogP contribution < -0.4 is 10.5 Å². The Hall–Kier alpha value is -1.37. The van der Waals surface area contributed by atoms with Crippen LogP contribution in [0.2, 0.25) is 0 Å². The summed E-state index contributed by atoms with van der Waals surface area (Å²) in [6.07, 6.45) is 0. The molecule has 2 aromatic carbocycles. The number of primary sulfonamides is 1. The third-order valence-corrected chi connectivity index (χ3v) is 5.13. The first-order chi connectivity index (χ1) is 9.77. The molecule has 112 valence electrons. The molecule has 0 saturated heterocycles. The fraction of sp³-hybridized carbons (Fsp3) is 0.200. The molecule has 6 heteroatoms. The van der Waals surface area contributed by atoms with E-state index in [9.17, 15) is 8.42 Å². The number of halogens is 1. The molecular formula is C15H17BrN2O2S. The number of nitrogens with one attached hydrogen (secondary N) is 1. The minimum atomic E-state index is -3.70. The Morgan fingerprint density at radius 3 is 2.38 bits per heavy atom. The van der Waals surface area contributed by atoms with Gasteiger partial charge in [0.15, 0.2) is 0 Å². The van der Waals surface area contributed by atoms with Crippen LogP contribution in [-0.2, 0) is 16.6 Å². The summed E-state index contributed by atoms with van der Waals surface area (Å²) in [5, 5.41) is 8.42. The molecule has 0 aliphatic carbocycles. The van der Waals surface area contributed by atoms with E-state index in [2.05, 4.69) is 21.2 Å². The van der Waals surface area contributed by atoms with E-state index in [0.717, 1.165) is 15.7 Å². The maximum atomic E-state index is 11.5. The van der Waals surface area contributed by atoms with Gasteiger partial charge in [0, 0.05) is 16.7 Å². The van der Waals surface area contributed by atoms with E-state index in [1.807, 2.05) is 31.2 Å². The van der Waals surface area contributed by atoms with Crippen LogP contribution in [0.15, 0.2) is 45.8 Å². The van der Waals surface area contributed by atoms with Gasteiger partial charge >= 0.3 is 0 Å². The average Bonchev–Trinajstić information content (AvgIpc) is 2.40. The summed E-state index contributed by atoms with van der Waals surface area (Å²) in [4.78, 5) is 0.151. The third-order valence-electron chi connectivity index (χ3n) is 3.23. The van der Waals surface area contributed by atoms with Crippen LogP contribution in [0.4, 0.5) is 5.69 Å². The van der Waals surface area contributed by atoms with Crippen molar-refractivity contribution in [1.29, 1.82) is 0 Å². The number of anilines is 1. The topological polar surface area (TPSA) is 72.2 Å². The lowest BCUT2D eigenvalue weighted by Gasteiger charge is -2.10. The lowest BCUT2D eigenvalue weighted by atomic mass is 10.1. The summed E-state index contributed by atoms with van der Waals surface area (Å²) in [5.41, 5.74) is 3.64. The Morgan fingerprint density at radius 2 is 1.76 bits per heavy atom. The van der Waals surface area contributed by atoms with Gasteiger partial charge in [-0.25, -0.2) is 13.6 Å². The van der Waals surface area contributed by atoms with Crippen LogP contribution in [0.1, 0.15) is 16.7 Å². The van der Waals surface area contributed by atoms with Crippen LogP contribution >= 0.6 is 15.9 Å². The number of nitrogens with two attached hydrogens (primary N) is 1. The first kappa shape index (κ1) is 16.0. The highest BCUT2D eigenvalue weighted by Crippen LogP contribution is 2.21. The summed E-state index contributed by atoms with van der Waals surface area (Å²) in [7, 11) is -3.70. The van der Waals surface area contributed by atoms with Gasteiger partial charge in [-0.2, -0.15) is 0 Å². The molecule has 0 heterocycles. The summed E-state index contributed by atoms with van der Waals surface area (Å²) in [6.45, 7) is 4.35. The second-order valence-electron chi connectivity index (χ2n) is 4.96. The lowest BCUT2D eigenvalue weighted by molar-refractivity contribution is 0.597. The molecule has 0 saturated carbocycles. The summed E-state index contributed by atoms with van der Waals surface area (Å²) in [5.74, 6) is 0. The Morgan fingerprint density at radius 1 is 1.10 bits per heavy atom. The summed E-state index contributed by atoms with van der Waals surface area (Å²) < 4.78 is 24.1. The van der Waals surface area contributed by atoms with E-state index in [0.29, 0.717) is 12.1 Å². The molecule has 21 heavy (non-hydrogen) atoms. The number of sulfonamides is 1. The van der Waals surface area contributed by atoms with Gasteiger partial charge in [0.2, 0.25) is 10.0 Å². The van der Waals surface area contributed by atoms with Crippen molar-refractivity contribution >= 4 is 31.6 Å². The van der Waals surface area contributed by atoms with E-state index >= 15 is 0 Å². The van der Waals surface area contributed by atoms with E-state index in [4.69, 9.17) is 5.14 Å². The number of rotatable bonds is 4. The molecule has 0 radical (unpaired) electrons. The Balaban J connectivity index is 2.19. The van der Waals surface area contributed by atoms with Crippen molar-refractivity contribution in [3.05, 3.63) is 57.6 Å². The van der Waals surface area contributed by atoms with Crippen molar-refractivity contribution in [2.75, 3.05) is 5.32 Å². The minimum absolute atomic E-state index is 0.151. The smallest absolute Gasteiger partial charge is 0.238 e. The van der Waals surface area contributed by atoms with E-state index in [-0.39, 0.29) is 4.90 Å². The summed E-state index contributed by atoms with van der Waals surface area (Å²) >= 11 is 3.50. The Labute approximate surface area is 133 Å². The van der Waals surface area contributed by atoms with Crippen molar-refractivity contribution in [3.63, 3.8) is 0 Å². The average molecular weight is 369 g/mol. The molecule has 0 atom stereocenters. The highest BCUT2D eigenvalue weighted by molar-refractivity contribution is 9.10. The first-order valence-electron chi connectivity index (χ1n) is 6.40. The maximum absolute atomic E-state index is 11.5. The van der Waals surface area contributed by atoms with Gasteiger partial charge in [-0.15, -0.1) is 0 Å². The summed E-state index contributed by atoms with van der Waals surface area (Å²) in [6, 6.07) is 11.2. The van der Waals surface area contributed by atoms with E-state index in [1.165, 1.54) is 5.56 Å². The molecule has 0 aliphatic heterocycles. The molecule has 0 fully saturated rings. The fourth-order valence-electron chi connectivity index (χ4n) is 1.97. The third kappa shape index (κ3) is 4.06. The molecule has 2 rings (SSSR count). The molecule has 0 spiro atoms. The van der Waals surface area contributed by atoms with Crippen LogP contribution in [0.5, 0.6) is 0 Å². The quantitative estimate of drug-likeness (QED) is 0.869. The van der Waals surface area contributed by atoms with E-state index in [1.54, 1.807) is 19.1 Å². The lowest BCUT2D eigenvalue weighted by Crippen LogP contribution is -2.14. The number of hydrogen-bond donors (Lipinski definition) is 2. The zero-order valence-electron chi connectivity index (χ0n) is 11.9. The molecule has 2 aromatic rings. The second-order valence-corrected chi connectivity index (χ2v) is 7.35. The zero-order chi connectivity index (χ0) is 15.6. The highest BCUT2D eigenvalue weighted by Gasteiger charge is 2.12. The molecule has 0 aromatic heterocycles. The van der Waals surface area contributed by atoms with Crippen molar-refractivity contribution in [3.8, 4) is 0 Å². The van der Waals surface area contributed by atoms with Gasteiger partial charge in [0.25, 0.3) is 0 Å². The van der Waals surface area contributed by atoms with Gasteiger partial charge in [0.05, 0.1) is 4.90 Å². The molecule has 0 unspecified atom stereocenters. The highest BCUT2D eigenvalue weighted by atomic mass is 79.9. The Kier molecular flexibility index (Phi) is 4.70. The first-order valence-corrected chi connectivity index (χ1v) is 8.73. The monoisotopic (exact) mass is 368 g/mol. The van der Waals surface area contributed by atoms with Gasteiger partial charge in [0.1, 0.15) is 0 Å². The molecular weight excluding hydrogens is 352 g/mol. The van der Waals surface area contributed by atoms with Crippen LogP contribution in [0, 0.1) is 13.8 Å². The van der Waals surface area contributed by atoms with Gasteiger partial charge < -0.3 is 5.32 Å². The normalized spacial score (nSPS) is 11.4. The Bertz CT molecular complexity index is 773.